The van der Waals surface area contributed by atoms with Gasteiger partial charge < -0.3 is 4.74 Å². The van der Waals surface area contributed by atoms with Crippen LogP contribution in [0, 0.1) is 5.92 Å². The number of piperidine rings is 1. The molecular weight excluding hydrogens is 347 g/mol. The number of esters is 1. The molecule has 0 aliphatic carbocycles. The summed E-state index contributed by atoms with van der Waals surface area (Å²) in [5, 5.41) is 0. The zero-order valence-electron chi connectivity index (χ0n) is 13.0. The van der Waals surface area contributed by atoms with Crippen molar-refractivity contribution >= 4 is 16.0 Å². The molecule has 1 saturated heterocycles. The quantitative estimate of drug-likeness (QED) is 0.770. The molecule has 24 heavy (non-hydrogen) atoms. The minimum atomic E-state index is -4.53. The molecule has 0 saturated carbocycles. The number of rotatable bonds is 4. The lowest BCUT2D eigenvalue weighted by atomic mass is 10.0. The Hall–Kier alpha value is -1.61. The van der Waals surface area contributed by atoms with Crippen LogP contribution in [0.1, 0.15) is 25.3 Å². The minimum Gasteiger partial charge on any atom is -0.466 e. The predicted molar refractivity (Wildman–Crippen MR) is 79.6 cm³/mol. The molecule has 1 aromatic carbocycles. The highest BCUT2D eigenvalue weighted by Crippen LogP contribution is 2.31. The zero-order valence-corrected chi connectivity index (χ0v) is 13.9. The van der Waals surface area contributed by atoms with Crippen LogP contribution in [0.2, 0.25) is 0 Å². The van der Waals surface area contributed by atoms with Crippen LogP contribution in [0.4, 0.5) is 13.2 Å². The summed E-state index contributed by atoms with van der Waals surface area (Å²) in [6.07, 6.45) is -3.51. The summed E-state index contributed by atoms with van der Waals surface area (Å²) in [6, 6.07) is 3.34. The van der Waals surface area contributed by atoms with Gasteiger partial charge in [0.15, 0.2) is 0 Å². The van der Waals surface area contributed by atoms with E-state index in [1.807, 2.05) is 0 Å². The maximum absolute atomic E-state index is 12.6. The van der Waals surface area contributed by atoms with Crippen molar-refractivity contribution < 1.29 is 31.1 Å². The van der Waals surface area contributed by atoms with Crippen LogP contribution in [0.15, 0.2) is 29.2 Å². The number of benzene rings is 1. The molecule has 0 N–H and O–H groups in total. The SMILES string of the molecule is CCOC(=O)[C@@H]1CCCN(S(=O)(=O)c2ccc(C(F)(F)F)cc2)C1. The molecule has 1 aliphatic heterocycles. The summed E-state index contributed by atoms with van der Waals surface area (Å²) < 4.78 is 68.9. The van der Waals surface area contributed by atoms with Crippen molar-refractivity contribution in [2.75, 3.05) is 19.7 Å². The second-order valence-corrected chi connectivity index (χ2v) is 7.41. The number of ether oxygens (including phenoxy) is 1. The van der Waals surface area contributed by atoms with Gasteiger partial charge in [0.2, 0.25) is 10.0 Å². The van der Waals surface area contributed by atoms with E-state index in [2.05, 4.69) is 0 Å². The van der Waals surface area contributed by atoms with Gasteiger partial charge >= 0.3 is 12.1 Å². The van der Waals surface area contributed by atoms with Crippen LogP contribution in [0.5, 0.6) is 0 Å². The van der Waals surface area contributed by atoms with Crippen molar-refractivity contribution in [2.45, 2.75) is 30.8 Å². The molecule has 1 atom stereocenters. The van der Waals surface area contributed by atoms with Crippen molar-refractivity contribution in [3.8, 4) is 0 Å². The summed E-state index contributed by atoms with van der Waals surface area (Å²) in [6.45, 7) is 2.07. The number of alkyl halides is 3. The minimum absolute atomic E-state index is 0.0256. The number of halogens is 3. The van der Waals surface area contributed by atoms with E-state index in [9.17, 15) is 26.4 Å². The van der Waals surface area contributed by atoms with E-state index in [4.69, 9.17) is 4.74 Å². The third-order valence-electron chi connectivity index (χ3n) is 3.82. The van der Waals surface area contributed by atoms with Gasteiger partial charge in [0.05, 0.1) is 23.0 Å². The fraction of sp³-hybridized carbons (Fsp3) is 0.533. The lowest BCUT2D eigenvalue weighted by molar-refractivity contribution is -0.149. The van der Waals surface area contributed by atoms with Crippen LogP contribution in [0.25, 0.3) is 0 Å². The van der Waals surface area contributed by atoms with Gasteiger partial charge in [-0.1, -0.05) is 0 Å². The number of carbonyl (C=O) groups is 1. The Balaban J connectivity index is 2.19. The first-order valence-corrected chi connectivity index (χ1v) is 8.94. The van der Waals surface area contributed by atoms with Crippen LogP contribution in [0.3, 0.4) is 0 Å². The first kappa shape index (κ1) is 18.7. The van der Waals surface area contributed by atoms with Gasteiger partial charge in [-0.25, -0.2) is 8.42 Å². The highest BCUT2D eigenvalue weighted by Gasteiger charge is 2.35. The number of nitrogens with zero attached hydrogens (tertiary/aromatic N) is 1. The first-order valence-electron chi connectivity index (χ1n) is 7.50. The Kier molecular flexibility index (Phi) is 5.54. The van der Waals surface area contributed by atoms with Crippen LogP contribution < -0.4 is 0 Å². The smallest absolute Gasteiger partial charge is 0.416 e. The molecule has 2 rings (SSSR count). The fourth-order valence-electron chi connectivity index (χ4n) is 2.58. The van der Waals surface area contributed by atoms with E-state index in [1.165, 1.54) is 0 Å². The third kappa shape index (κ3) is 4.07. The molecule has 9 heteroatoms. The highest BCUT2D eigenvalue weighted by molar-refractivity contribution is 7.89. The molecule has 0 spiro atoms. The zero-order chi connectivity index (χ0) is 18.0. The number of carbonyl (C=O) groups excluding carboxylic acids is 1. The van der Waals surface area contributed by atoms with Crippen molar-refractivity contribution in [3.05, 3.63) is 29.8 Å². The molecule has 1 heterocycles. The van der Waals surface area contributed by atoms with E-state index < -0.39 is 33.7 Å². The van der Waals surface area contributed by atoms with E-state index in [-0.39, 0.29) is 24.6 Å². The Morgan fingerprint density at radius 1 is 1.29 bits per heavy atom. The molecule has 134 valence electrons. The summed E-state index contributed by atoms with van der Waals surface area (Å²) in [4.78, 5) is 11.6. The first-order chi connectivity index (χ1) is 11.2. The van der Waals surface area contributed by atoms with Crippen LogP contribution in [-0.4, -0.2) is 38.4 Å². The summed E-state index contributed by atoms with van der Waals surface area (Å²) in [5.41, 5.74) is -0.913. The number of sulfonamides is 1. The monoisotopic (exact) mass is 365 g/mol. The molecule has 5 nitrogen and oxygen atoms in total. The predicted octanol–water partition coefficient (Wildman–Crippen LogP) is 2.67. The molecule has 1 aliphatic rings. The molecule has 0 unspecified atom stereocenters. The van der Waals surface area contributed by atoms with E-state index >= 15 is 0 Å². The second kappa shape index (κ2) is 7.10. The standard InChI is InChI=1S/C15H18F3NO4S/c1-2-23-14(20)11-4-3-9-19(10-11)24(21,22)13-7-5-12(6-8-13)15(16,17)18/h5-8,11H,2-4,9-10H2,1H3/t11-/m1/s1. The maximum atomic E-state index is 12.6. The van der Waals surface area contributed by atoms with Gasteiger partial charge in [-0.3, -0.25) is 4.79 Å². The van der Waals surface area contributed by atoms with Gasteiger partial charge in [-0.05, 0) is 44.0 Å². The van der Waals surface area contributed by atoms with Gasteiger partial charge in [0.1, 0.15) is 0 Å². The average molecular weight is 365 g/mol. The Morgan fingerprint density at radius 3 is 2.46 bits per heavy atom. The number of hydrogen-bond acceptors (Lipinski definition) is 4. The largest absolute Gasteiger partial charge is 0.466 e. The molecule has 0 amide bonds. The fourth-order valence-corrected chi connectivity index (χ4v) is 4.10. The highest BCUT2D eigenvalue weighted by atomic mass is 32.2. The van der Waals surface area contributed by atoms with Gasteiger partial charge in [0, 0.05) is 13.1 Å². The van der Waals surface area contributed by atoms with Crippen molar-refractivity contribution in [1.29, 1.82) is 0 Å². The normalized spacial score (nSPS) is 19.9. The molecule has 0 radical (unpaired) electrons. The summed E-state index contributed by atoms with van der Waals surface area (Å²) in [7, 11) is -3.95. The second-order valence-electron chi connectivity index (χ2n) is 5.48. The van der Waals surface area contributed by atoms with Gasteiger partial charge in [-0.2, -0.15) is 17.5 Å². The molecule has 1 fully saturated rings. The molecule has 0 bridgehead atoms. The maximum Gasteiger partial charge on any atom is 0.416 e. The van der Waals surface area contributed by atoms with Crippen molar-refractivity contribution in [2.24, 2.45) is 5.92 Å². The Labute approximate surface area is 138 Å². The lowest BCUT2D eigenvalue weighted by Crippen LogP contribution is -2.42. The average Bonchev–Trinajstić information content (AvgIpc) is 2.54. The molecule has 0 aromatic heterocycles. The van der Waals surface area contributed by atoms with Crippen LogP contribution >= 0.6 is 0 Å². The van der Waals surface area contributed by atoms with Crippen molar-refractivity contribution in [3.63, 3.8) is 0 Å². The Morgan fingerprint density at radius 2 is 1.92 bits per heavy atom. The third-order valence-corrected chi connectivity index (χ3v) is 5.70. The van der Waals surface area contributed by atoms with Gasteiger partial charge in [0.25, 0.3) is 0 Å². The van der Waals surface area contributed by atoms with E-state index in [0.29, 0.717) is 12.8 Å². The summed E-state index contributed by atoms with van der Waals surface area (Å²) >= 11 is 0. The van der Waals surface area contributed by atoms with E-state index in [0.717, 1.165) is 28.6 Å². The molecular formula is C15H18F3NO4S. The Bertz CT molecular complexity index is 686. The van der Waals surface area contributed by atoms with Crippen molar-refractivity contribution in [1.82, 2.24) is 4.31 Å². The lowest BCUT2D eigenvalue weighted by Gasteiger charge is -2.30. The molecule has 1 aromatic rings. The summed E-state index contributed by atoms with van der Waals surface area (Å²) in [5.74, 6) is -1.01. The number of hydrogen-bond donors (Lipinski definition) is 0. The van der Waals surface area contributed by atoms with Gasteiger partial charge in [-0.15, -0.1) is 0 Å². The van der Waals surface area contributed by atoms with Crippen LogP contribution in [-0.2, 0) is 25.7 Å². The van der Waals surface area contributed by atoms with E-state index in [1.54, 1.807) is 6.92 Å². The topological polar surface area (TPSA) is 63.7 Å².